The Morgan fingerprint density at radius 1 is 1.33 bits per heavy atom. The van der Waals surface area contributed by atoms with Crippen molar-refractivity contribution in [3.8, 4) is 0 Å². The average Bonchev–Trinajstić information content (AvgIpc) is 2.08. The van der Waals surface area contributed by atoms with E-state index in [2.05, 4.69) is 0 Å². The molecule has 0 unspecified atom stereocenters. The van der Waals surface area contributed by atoms with E-state index in [9.17, 15) is 14.9 Å². The van der Waals surface area contributed by atoms with Crippen molar-refractivity contribution >= 4 is 60.5 Å². The fourth-order valence-electron chi connectivity index (χ4n) is 1.24. The van der Waals surface area contributed by atoms with E-state index in [1.54, 1.807) is 13.8 Å². The molecule has 1 aromatic rings. The summed E-state index contributed by atoms with van der Waals surface area (Å²) in [5.41, 5.74) is 0.891. The van der Waals surface area contributed by atoms with Crippen LogP contribution in [0, 0.1) is 24.0 Å². The van der Waals surface area contributed by atoms with Crippen LogP contribution in [-0.2, 0) is 0 Å². The molecule has 0 fully saturated rings. The molecule has 0 spiro atoms. The molecule has 6 heteroatoms. The molecule has 0 saturated carbocycles. The van der Waals surface area contributed by atoms with E-state index in [-0.39, 0.29) is 60.1 Å². The Balaban J connectivity index is 0.00000196. The zero-order valence-corrected chi connectivity index (χ0v) is 7.77. The first kappa shape index (κ1) is 14.7. The van der Waals surface area contributed by atoms with Gasteiger partial charge >= 0.3 is 54.9 Å². The summed E-state index contributed by atoms with van der Waals surface area (Å²) < 4.78 is 0. The van der Waals surface area contributed by atoms with E-state index >= 15 is 0 Å². The number of carboxylic acid groups (broad SMARTS) is 1. The van der Waals surface area contributed by atoms with Gasteiger partial charge in [0.15, 0.2) is 0 Å². The molecule has 5 nitrogen and oxygen atoms in total. The summed E-state index contributed by atoms with van der Waals surface area (Å²) in [5.74, 6) is -1.07. The number of benzene rings is 1. The Labute approximate surface area is 127 Å². The van der Waals surface area contributed by atoms with Gasteiger partial charge in [-0.3, -0.25) is 10.1 Å². The standard InChI is InChI=1S/C9H9NO4.Ba.2H/c1-5-6(2)8(10(13)14)4-3-7(5)9(11)12;;;/h3-4H,1-2H3,(H,11,12);;;. The van der Waals surface area contributed by atoms with Crippen molar-refractivity contribution in [2.45, 2.75) is 13.8 Å². The van der Waals surface area contributed by atoms with Crippen molar-refractivity contribution in [1.29, 1.82) is 0 Å². The van der Waals surface area contributed by atoms with Gasteiger partial charge in [0.05, 0.1) is 10.5 Å². The van der Waals surface area contributed by atoms with Gasteiger partial charge in [0.2, 0.25) is 0 Å². The summed E-state index contributed by atoms with van der Waals surface area (Å²) in [4.78, 5) is 20.7. The van der Waals surface area contributed by atoms with Crippen LogP contribution in [0.25, 0.3) is 0 Å². The Bertz CT molecular complexity index is 378. The van der Waals surface area contributed by atoms with Crippen LogP contribution in [0.15, 0.2) is 12.1 Å². The van der Waals surface area contributed by atoms with Crippen molar-refractivity contribution in [1.82, 2.24) is 0 Å². The molecule has 78 valence electrons. The number of nitro groups is 1. The average molecular weight is 335 g/mol. The summed E-state index contributed by atoms with van der Waals surface area (Å²) in [7, 11) is 0. The summed E-state index contributed by atoms with van der Waals surface area (Å²) in [5, 5.41) is 19.3. The predicted molar refractivity (Wildman–Crippen MR) is 58.1 cm³/mol. The summed E-state index contributed by atoms with van der Waals surface area (Å²) in [6.45, 7) is 3.10. The molecule has 15 heavy (non-hydrogen) atoms. The quantitative estimate of drug-likeness (QED) is 0.497. The Morgan fingerprint density at radius 2 is 1.87 bits per heavy atom. The zero-order valence-electron chi connectivity index (χ0n) is 7.77. The molecule has 0 aliphatic carbocycles. The van der Waals surface area contributed by atoms with Gasteiger partial charge in [-0.25, -0.2) is 4.79 Å². The molecule has 0 atom stereocenters. The van der Waals surface area contributed by atoms with Crippen LogP contribution in [0.2, 0.25) is 0 Å². The Kier molecular flexibility index (Phi) is 5.54. The van der Waals surface area contributed by atoms with Crippen LogP contribution in [0.1, 0.15) is 21.5 Å². The number of rotatable bonds is 2. The number of nitro benzene ring substituents is 1. The topological polar surface area (TPSA) is 80.4 Å². The monoisotopic (exact) mass is 335 g/mol. The minimum absolute atomic E-state index is 0. The number of hydrogen-bond donors (Lipinski definition) is 1. The van der Waals surface area contributed by atoms with Gasteiger partial charge in [-0.05, 0) is 25.5 Å². The van der Waals surface area contributed by atoms with E-state index < -0.39 is 10.9 Å². The fraction of sp³-hybridized carbons (Fsp3) is 0.222. The first-order chi connectivity index (χ1) is 6.45. The second kappa shape index (κ2) is 5.67. The van der Waals surface area contributed by atoms with E-state index in [1.165, 1.54) is 12.1 Å². The second-order valence-electron chi connectivity index (χ2n) is 2.94. The molecule has 0 amide bonds. The zero-order chi connectivity index (χ0) is 10.9. The van der Waals surface area contributed by atoms with Gasteiger partial charge in [0, 0.05) is 11.6 Å². The van der Waals surface area contributed by atoms with Crippen LogP contribution in [0.5, 0.6) is 0 Å². The van der Waals surface area contributed by atoms with E-state index in [0.717, 1.165) is 0 Å². The van der Waals surface area contributed by atoms with Crippen LogP contribution in [0.4, 0.5) is 5.69 Å². The number of aromatic carboxylic acids is 1. The summed E-state index contributed by atoms with van der Waals surface area (Å²) >= 11 is 0. The van der Waals surface area contributed by atoms with Crippen LogP contribution in [0.3, 0.4) is 0 Å². The van der Waals surface area contributed by atoms with Crippen LogP contribution in [-0.4, -0.2) is 64.9 Å². The molecule has 0 radical (unpaired) electrons. The van der Waals surface area contributed by atoms with Gasteiger partial charge in [0.1, 0.15) is 0 Å². The van der Waals surface area contributed by atoms with Crippen molar-refractivity contribution in [3.05, 3.63) is 38.9 Å². The molecule has 1 rings (SSSR count). The SMILES string of the molecule is Cc1c(C(=O)O)ccc([N+](=O)[O-])c1C.[BaH2]. The number of carboxylic acids is 1. The van der Waals surface area contributed by atoms with E-state index in [1.807, 2.05) is 0 Å². The third kappa shape index (κ3) is 3.05. The van der Waals surface area contributed by atoms with Gasteiger partial charge in [-0.1, -0.05) is 0 Å². The van der Waals surface area contributed by atoms with E-state index in [0.29, 0.717) is 11.1 Å². The molecular formula is C9H11BaNO4. The maximum atomic E-state index is 10.7. The molecule has 0 heterocycles. The van der Waals surface area contributed by atoms with Gasteiger partial charge in [0.25, 0.3) is 5.69 Å². The van der Waals surface area contributed by atoms with Crippen molar-refractivity contribution in [2.75, 3.05) is 0 Å². The van der Waals surface area contributed by atoms with Crippen molar-refractivity contribution in [2.24, 2.45) is 0 Å². The number of carbonyl (C=O) groups is 1. The van der Waals surface area contributed by atoms with E-state index in [4.69, 9.17) is 5.11 Å². The van der Waals surface area contributed by atoms with Gasteiger partial charge < -0.3 is 5.11 Å². The third-order valence-corrected chi connectivity index (χ3v) is 2.19. The molecule has 0 saturated heterocycles. The van der Waals surface area contributed by atoms with Crippen LogP contribution < -0.4 is 0 Å². The molecule has 1 N–H and O–H groups in total. The molecule has 0 aliphatic rings. The molecule has 0 bridgehead atoms. The minimum atomic E-state index is -1.07. The summed E-state index contributed by atoms with van der Waals surface area (Å²) in [6, 6.07) is 2.47. The summed E-state index contributed by atoms with van der Waals surface area (Å²) in [6.07, 6.45) is 0. The number of hydrogen-bond acceptors (Lipinski definition) is 3. The molecular weight excluding hydrogens is 323 g/mol. The third-order valence-electron chi connectivity index (χ3n) is 2.19. The maximum absolute atomic E-state index is 10.7. The Morgan fingerprint density at radius 3 is 2.27 bits per heavy atom. The van der Waals surface area contributed by atoms with Crippen molar-refractivity contribution in [3.63, 3.8) is 0 Å². The Hall–Kier alpha value is -0.339. The first-order valence-electron chi connectivity index (χ1n) is 3.93. The molecule has 0 aliphatic heterocycles. The normalized spacial score (nSPS) is 9.20. The second-order valence-corrected chi connectivity index (χ2v) is 2.94. The van der Waals surface area contributed by atoms with Gasteiger partial charge in [-0.15, -0.1) is 0 Å². The number of nitrogens with zero attached hydrogens (tertiary/aromatic N) is 1. The van der Waals surface area contributed by atoms with Crippen molar-refractivity contribution < 1.29 is 14.8 Å². The predicted octanol–water partition coefficient (Wildman–Crippen LogP) is 0.994. The fourth-order valence-corrected chi connectivity index (χ4v) is 1.24. The van der Waals surface area contributed by atoms with Crippen LogP contribution >= 0.6 is 0 Å². The molecule has 1 aromatic carbocycles. The first-order valence-corrected chi connectivity index (χ1v) is 3.93. The van der Waals surface area contributed by atoms with Gasteiger partial charge in [-0.2, -0.15) is 0 Å². The molecule has 0 aromatic heterocycles.